The Bertz CT molecular complexity index is 913. The van der Waals surface area contributed by atoms with E-state index in [0.717, 1.165) is 0 Å². The van der Waals surface area contributed by atoms with Gasteiger partial charge >= 0.3 is 0 Å². The van der Waals surface area contributed by atoms with Gasteiger partial charge in [-0.15, -0.1) is 0 Å². The van der Waals surface area contributed by atoms with Crippen molar-refractivity contribution >= 4 is 0 Å². The molecule has 0 bridgehead atoms. The van der Waals surface area contributed by atoms with E-state index in [-0.39, 0.29) is 0 Å². The molecule has 0 radical (unpaired) electrons. The van der Waals surface area contributed by atoms with Crippen molar-refractivity contribution in [2.75, 3.05) is 0 Å². The van der Waals surface area contributed by atoms with E-state index in [1.807, 2.05) is 0 Å². The van der Waals surface area contributed by atoms with Crippen LogP contribution in [0.3, 0.4) is 0 Å². The van der Waals surface area contributed by atoms with Gasteiger partial charge in [0.1, 0.15) is 0 Å². The normalized spacial score (nSPS) is 11.9. The molecular formula is C31H40. The van der Waals surface area contributed by atoms with Crippen molar-refractivity contribution < 1.29 is 0 Å². The van der Waals surface area contributed by atoms with Crippen LogP contribution >= 0.6 is 0 Å². The van der Waals surface area contributed by atoms with Gasteiger partial charge in [0, 0.05) is 0 Å². The highest BCUT2D eigenvalue weighted by Gasteiger charge is 2.19. The summed E-state index contributed by atoms with van der Waals surface area (Å²) in [5.74, 6) is 1.97. The molecule has 0 N–H and O–H groups in total. The average Bonchev–Trinajstić information content (AvgIpc) is 2.71. The lowest BCUT2D eigenvalue weighted by Crippen LogP contribution is -2.02. The van der Waals surface area contributed by atoms with Crippen LogP contribution in [0.4, 0.5) is 0 Å². The first-order chi connectivity index (χ1) is 14.6. The van der Waals surface area contributed by atoms with E-state index in [2.05, 4.69) is 117 Å². The summed E-state index contributed by atoms with van der Waals surface area (Å²) in [7, 11) is 0. The second-order valence-corrected chi connectivity index (χ2v) is 10.3. The van der Waals surface area contributed by atoms with Crippen LogP contribution in [0.1, 0.15) is 107 Å². The SMILES string of the molecule is Cc1cc(-c2c(C(C)C)cccc2C(C)C)cc(-c2c(C(C)C)cccc2C(C)C)c1. The summed E-state index contributed by atoms with van der Waals surface area (Å²) in [4.78, 5) is 0. The second kappa shape index (κ2) is 9.43. The maximum absolute atomic E-state index is 2.45. The van der Waals surface area contributed by atoms with Gasteiger partial charge in [-0.2, -0.15) is 0 Å². The van der Waals surface area contributed by atoms with Crippen LogP contribution in [0.2, 0.25) is 0 Å². The molecule has 0 unspecified atom stereocenters. The van der Waals surface area contributed by atoms with Gasteiger partial charge in [0.25, 0.3) is 0 Å². The minimum Gasteiger partial charge on any atom is -0.0617 e. The van der Waals surface area contributed by atoms with E-state index in [0.29, 0.717) is 23.7 Å². The molecule has 0 heterocycles. The Hall–Kier alpha value is -2.34. The van der Waals surface area contributed by atoms with Gasteiger partial charge in [-0.3, -0.25) is 0 Å². The molecule has 0 aliphatic rings. The van der Waals surface area contributed by atoms with Crippen LogP contribution in [0.15, 0.2) is 54.6 Å². The Labute approximate surface area is 190 Å². The molecule has 0 nitrogen and oxygen atoms in total. The van der Waals surface area contributed by atoms with Gasteiger partial charge in [0.05, 0.1) is 0 Å². The van der Waals surface area contributed by atoms with Crippen LogP contribution in [0, 0.1) is 6.92 Å². The van der Waals surface area contributed by atoms with Gasteiger partial charge < -0.3 is 0 Å². The molecular weight excluding hydrogens is 372 g/mol. The fourth-order valence-corrected chi connectivity index (χ4v) is 4.84. The van der Waals surface area contributed by atoms with Crippen molar-refractivity contribution in [2.45, 2.75) is 86.0 Å². The van der Waals surface area contributed by atoms with Crippen molar-refractivity contribution in [3.05, 3.63) is 82.4 Å². The van der Waals surface area contributed by atoms with Gasteiger partial charge in [-0.05, 0) is 86.7 Å². The van der Waals surface area contributed by atoms with E-state index in [4.69, 9.17) is 0 Å². The van der Waals surface area contributed by atoms with Crippen molar-refractivity contribution in [3.63, 3.8) is 0 Å². The molecule has 0 spiro atoms. The number of hydrogen-bond acceptors (Lipinski definition) is 0. The van der Waals surface area contributed by atoms with E-state index in [1.165, 1.54) is 50.1 Å². The Morgan fingerprint density at radius 3 is 1.00 bits per heavy atom. The molecule has 0 amide bonds. The summed E-state index contributed by atoms with van der Waals surface area (Å²) in [5.41, 5.74) is 12.7. The molecule has 3 aromatic carbocycles. The first-order valence-electron chi connectivity index (χ1n) is 12.0. The first-order valence-corrected chi connectivity index (χ1v) is 12.0. The molecule has 164 valence electrons. The minimum absolute atomic E-state index is 0.492. The molecule has 0 fully saturated rings. The number of rotatable bonds is 6. The summed E-state index contributed by atoms with van der Waals surface area (Å²) in [6.45, 7) is 20.7. The van der Waals surface area contributed by atoms with Crippen LogP contribution in [0.5, 0.6) is 0 Å². The molecule has 0 aromatic heterocycles. The van der Waals surface area contributed by atoms with Crippen LogP contribution in [-0.2, 0) is 0 Å². The zero-order valence-electron chi connectivity index (χ0n) is 21.0. The zero-order chi connectivity index (χ0) is 22.9. The smallest absolute Gasteiger partial charge is 0.0114 e. The zero-order valence-corrected chi connectivity index (χ0v) is 21.0. The summed E-state index contributed by atoms with van der Waals surface area (Å²) in [5, 5.41) is 0. The molecule has 0 aliphatic heterocycles. The van der Waals surface area contributed by atoms with Gasteiger partial charge in [0.2, 0.25) is 0 Å². The summed E-state index contributed by atoms with van der Waals surface area (Å²) >= 11 is 0. The maximum atomic E-state index is 2.45. The lowest BCUT2D eigenvalue weighted by molar-refractivity contribution is 0.837. The third-order valence-electron chi connectivity index (χ3n) is 6.40. The molecule has 0 saturated carbocycles. The van der Waals surface area contributed by atoms with E-state index in [1.54, 1.807) is 0 Å². The Morgan fingerprint density at radius 2 is 0.742 bits per heavy atom. The standard InChI is InChI=1S/C31H40/c1-19(2)26-12-10-13-27(20(3)4)30(26)24-16-23(9)17-25(18-24)31-28(21(5)6)14-11-15-29(31)22(7)8/h10-22H,1-9H3. The van der Waals surface area contributed by atoms with Crippen LogP contribution in [0.25, 0.3) is 22.3 Å². The first kappa shape index (κ1) is 23.3. The molecule has 3 rings (SSSR count). The quantitative estimate of drug-likeness (QED) is 0.378. The highest BCUT2D eigenvalue weighted by molar-refractivity contribution is 5.81. The molecule has 0 heteroatoms. The van der Waals surface area contributed by atoms with Gasteiger partial charge in [0.15, 0.2) is 0 Å². The summed E-state index contributed by atoms with van der Waals surface area (Å²) < 4.78 is 0. The number of hydrogen-bond donors (Lipinski definition) is 0. The van der Waals surface area contributed by atoms with E-state index < -0.39 is 0 Å². The predicted octanol–water partition coefficient (Wildman–Crippen LogP) is 9.82. The minimum atomic E-state index is 0.492. The number of aryl methyl sites for hydroxylation is 1. The molecule has 3 aromatic rings. The molecule has 0 aliphatic carbocycles. The predicted molar refractivity (Wildman–Crippen MR) is 138 cm³/mol. The number of benzene rings is 3. The Morgan fingerprint density at radius 1 is 0.452 bits per heavy atom. The Kier molecular flexibility index (Phi) is 7.10. The monoisotopic (exact) mass is 412 g/mol. The summed E-state index contributed by atoms with van der Waals surface area (Å²) in [6.07, 6.45) is 0. The van der Waals surface area contributed by atoms with Gasteiger partial charge in [-0.25, -0.2) is 0 Å². The average molecular weight is 413 g/mol. The third kappa shape index (κ3) is 4.79. The lowest BCUT2D eigenvalue weighted by atomic mass is 9.81. The van der Waals surface area contributed by atoms with Crippen molar-refractivity contribution in [1.82, 2.24) is 0 Å². The Balaban J connectivity index is 2.36. The van der Waals surface area contributed by atoms with Gasteiger partial charge in [-0.1, -0.05) is 104 Å². The third-order valence-corrected chi connectivity index (χ3v) is 6.40. The highest BCUT2D eigenvalue weighted by Crippen LogP contribution is 2.41. The maximum Gasteiger partial charge on any atom is -0.0114 e. The van der Waals surface area contributed by atoms with Crippen molar-refractivity contribution in [2.24, 2.45) is 0 Å². The largest absolute Gasteiger partial charge is 0.0617 e. The van der Waals surface area contributed by atoms with E-state index in [9.17, 15) is 0 Å². The molecule has 0 saturated heterocycles. The van der Waals surface area contributed by atoms with Crippen molar-refractivity contribution in [1.29, 1.82) is 0 Å². The van der Waals surface area contributed by atoms with E-state index >= 15 is 0 Å². The highest BCUT2D eigenvalue weighted by atomic mass is 14.2. The lowest BCUT2D eigenvalue weighted by Gasteiger charge is -2.23. The fourth-order valence-electron chi connectivity index (χ4n) is 4.84. The molecule has 31 heavy (non-hydrogen) atoms. The second-order valence-electron chi connectivity index (χ2n) is 10.3. The topological polar surface area (TPSA) is 0 Å². The molecule has 0 atom stereocenters. The van der Waals surface area contributed by atoms with Crippen molar-refractivity contribution in [3.8, 4) is 22.3 Å². The van der Waals surface area contributed by atoms with Crippen LogP contribution in [-0.4, -0.2) is 0 Å². The van der Waals surface area contributed by atoms with Crippen LogP contribution < -0.4 is 0 Å². The fraction of sp³-hybridized carbons (Fsp3) is 0.419. The summed E-state index contributed by atoms with van der Waals surface area (Å²) in [6, 6.07) is 20.9.